The zero-order valence-electron chi connectivity index (χ0n) is 14.4. The molecule has 0 aliphatic carbocycles. The summed E-state index contributed by atoms with van der Waals surface area (Å²) in [5.41, 5.74) is 0. The molecule has 1 aliphatic rings. The van der Waals surface area contributed by atoms with Crippen molar-refractivity contribution in [1.29, 1.82) is 0 Å². The van der Waals surface area contributed by atoms with Crippen LogP contribution in [0, 0.1) is 5.92 Å². The fraction of sp³-hybridized carbons (Fsp3) is 0.867. The monoisotopic (exact) mass is 331 g/mol. The van der Waals surface area contributed by atoms with Gasteiger partial charge in [0.25, 0.3) is 0 Å². The number of carbonyl (C=O) groups excluding carboxylic acids is 2. The van der Waals surface area contributed by atoms with E-state index in [1.54, 1.807) is 11.8 Å². The van der Waals surface area contributed by atoms with Gasteiger partial charge in [-0.25, -0.2) is 0 Å². The lowest BCUT2D eigenvalue weighted by molar-refractivity contribution is -0.144. The van der Waals surface area contributed by atoms with E-state index < -0.39 is 8.24 Å². The predicted molar refractivity (Wildman–Crippen MR) is 90.7 cm³/mol. The Morgan fingerprint density at radius 1 is 1.33 bits per heavy atom. The Kier molecular flexibility index (Phi) is 5.95. The lowest BCUT2D eigenvalue weighted by Gasteiger charge is -2.58. The Labute approximate surface area is 134 Å². The SMILES string of the molecule is CCOC(=O)CS[C@@H]1[C@@H](CC)C(=O)N1[Si](C)(C)C(C)(C)C. The average molecular weight is 332 g/mol. The van der Waals surface area contributed by atoms with Crippen molar-refractivity contribution < 1.29 is 14.3 Å². The molecule has 0 spiro atoms. The van der Waals surface area contributed by atoms with Crippen LogP contribution in [0.15, 0.2) is 0 Å². The summed E-state index contributed by atoms with van der Waals surface area (Å²) in [5.74, 6) is 0.462. The first-order chi connectivity index (χ1) is 9.57. The molecule has 0 saturated carbocycles. The molecule has 1 fully saturated rings. The van der Waals surface area contributed by atoms with Crippen molar-refractivity contribution in [3.8, 4) is 0 Å². The van der Waals surface area contributed by atoms with Crippen LogP contribution in [-0.4, -0.2) is 42.4 Å². The molecule has 0 aromatic rings. The van der Waals surface area contributed by atoms with Crippen LogP contribution in [0.5, 0.6) is 0 Å². The first kappa shape index (κ1) is 18.6. The standard InChI is InChI=1S/C15H29NO3SSi/c1-8-11-13(18)16(21(6,7)15(3,4)5)14(11)20-10-12(17)19-9-2/h11,14H,8-10H2,1-7H3/t11-,14+/m0/s1. The van der Waals surface area contributed by atoms with Crippen LogP contribution in [0.25, 0.3) is 0 Å². The summed E-state index contributed by atoms with van der Waals surface area (Å²) in [7, 11) is -1.89. The minimum atomic E-state index is -1.89. The first-order valence-corrected chi connectivity index (χ1v) is 11.7. The van der Waals surface area contributed by atoms with E-state index in [0.29, 0.717) is 12.4 Å². The fourth-order valence-electron chi connectivity index (χ4n) is 2.40. The van der Waals surface area contributed by atoms with Gasteiger partial charge in [0, 0.05) is 0 Å². The van der Waals surface area contributed by atoms with Crippen molar-refractivity contribution in [2.75, 3.05) is 12.4 Å². The Bertz CT molecular complexity index is 406. The summed E-state index contributed by atoms with van der Waals surface area (Å²) in [6.45, 7) is 15.4. The molecule has 0 aromatic carbocycles. The molecule has 1 saturated heterocycles. The highest BCUT2D eigenvalue weighted by molar-refractivity contribution is 8.00. The summed E-state index contributed by atoms with van der Waals surface area (Å²) in [6.07, 6.45) is 0.838. The van der Waals surface area contributed by atoms with Crippen molar-refractivity contribution in [3.63, 3.8) is 0 Å². The van der Waals surface area contributed by atoms with Crippen molar-refractivity contribution in [2.24, 2.45) is 5.92 Å². The van der Waals surface area contributed by atoms with E-state index in [0.717, 1.165) is 6.42 Å². The number of esters is 1. The van der Waals surface area contributed by atoms with Crippen LogP contribution in [0.1, 0.15) is 41.0 Å². The number of hydrogen-bond acceptors (Lipinski definition) is 4. The number of carbonyl (C=O) groups is 2. The van der Waals surface area contributed by atoms with Crippen LogP contribution < -0.4 is 0 Å². The zero-order valence-corrected chi connectivity index (χ0v) is 16.2. The maximum absolute atomic E-state index is 12.5. The molecular weight excluding hydrogens is 302 g/mol. The van der Waals surface area contributed by atoms with Crippen LogP contribution in [0.2, 0.25) is 18.1 Å². The van der Waals surface area contributed by atoms with Crippen molar-refractivity contribution >= 4 is 31.9 Å². The highest BCUT2D eigenvalue weighted by atomic mass is 32.2. The predicted octanol–water partition coefficient (Wildman–Crippen LogP) is 3.48. The Hall–Kier alpha value is -0.493. The number of ether oxygens (including phenoxy) is 1. The lowest BCUT2D eigenvalue weighted by atomic mass is 9.99. The summed E-state index contributed by atoms with van der Waals surface area (Å²) < 4.78 is 7.10. The van der Waals surface area contributed by atoms with Crippen LogP contribution in [0.3, 0.4) is 0 Å². The fourth-order valence-corrected chi connectivity index (χ4v) is 6.86. The molecule has 21 heavy (non-hydrogen) atoms. The maximum Gasteiger partial charge on any atom is 0.315 e. The van der Waals surface area contributed by atoms with Gasteiger partial charge in [0.15, 0.2) is 8.24 Å². The molecule has 1 rings (SSSR count). The van der Waals surface area contributed by atoms with Gasteiger partial charge in [-0.3, -0.25) is 9.59 Å². The van der Waals surface area contributed by atoms with Gasteiger partial charge < -0.3 is 9.30 Å². The Morgan fingerprint density at radius 2 is 1.90 bits per heavy atom. The second-order valence-corrected chi connectivity index (χ2v) is 13.2. The van der Waals surface area contributed by atoms with Crippen LogP contribution >= 0.6 is 11.8 Å². The number of nitrogens with zero attached hydrogens (tertiary/aromatic N) is 1. The molecule has 2 atom stereocenters. The highest BCUT2D eigenvalue weighted by Crippen LogP contribution is 2.48. The quantitative estimate of drug-likeness (QED) is 0.425. The van der Waals surface area contributed by atoms with Gasteiger partial charge in [0.1, 0.15) is 0 Å². The summed E-state index contributed by atoms with van der Waals surface area (Å²) in [6, 6.07) is 0. The molecular formula is C15H29NO3SSi. The third-order valence-corrected chi connectivity index (χ3v) is 11.6. The second kappa shape index (κ2) is 6.73. The van der Waals surface area contributed by atoms with Gasteiger partial charge in [-0.2, -0.15) is 0 Å². The molecule has 0 N–H and O–H groups in total. The maximum atomic E-state index is 12.5. The van der Waals surface area contributed by atoms with E-state index in [1.807, 2.05) is 13.8 Å². The second-order valence-electron chi connectivity index (χ2n) is 7.04. The van der Waals surface area contributed by atoms with Crippen LogP contribution in [0.4, 0.5) is 0 Å². The average Bonchev–Trinajstić information content (AvgIpc) is 2.33. The number of rotatable bonds is 6. The topological polar surface area (TPSA) is 46.6 Å². The third-order valence-electron chi connectivity index (χ3n) is 4.71. The highest BCUT2D eigenvalue weighted by Gasteiger charge is 2.56. The number of thioether (sulfide) groups is 1. The number of β-lactam (4-membered cyclic amide) rings is 1. The normalized spacial score (nSPS) is 23.0. The van der Waals surface area contributed by atoms with Gasteiger partial charge in [0.05, 0.1) is 23.7 Å². The Morgan fingerprint density at radius 3 is 2.33 bits per heavy atom. The summed E-state index contributed by atoms with van der Waals surface area (Å²) in [5, 5.41) is 0.247. The van der Waals surface area contributed by atoms with E-state index in [9.17, 15) is 9.59 Å². The molecule has 1 amide bonds. The molecule has 6 heteroatoms. The molecule has 0 unspecified atom stereocenters. The van der Waals surface area contributed by atoms with E-state index in [1.165, 1.54) is 0 Å². The van der Waals surface area contributed by atoms with E-state index >= 15 is 0 Å². The molecule has 0 aromatic heterocycles. The summed E-state index contributed by atoms with van der Waals surface area (Å²) in [4.78, 5) is 24.1. The minimum absolute atomic E-state index is 0.0542. The third kappa shape index (κ3) is 3.64. The smallest absolute Gasteiger partial charge is 0.315 e. The minimum Gasteiger partial charge on any atom is -0.465 e. The van der Waals surface area contributed by atoms with E-state index in [2.05, 4.69) is 38.4 Å². The molecule has 1 aliphatic heterocycles. The molecule has 4 nitrogen and oxygen atoms in total. The van der Waals surface area contributed by atoms with Gasteiger partial charge in [-0.15, -0.1) is 11.8 Å². The largest absolute Gasteiger partial charge is 0.465 e. The van der Waals surface area contributed by atoms with Crippen molar-refractivity contribution in [3.05, 3.63) is 0 Å². The van der Waals surface area contributed by atoms with Gasteiger partial charge >= 0.3 is 5.97 Å². The first-order valence-electron chi connectivity index (χ1n) is 7.68. The summed E-state index contributed by atoms with van der Waals surface area (Å²) >= 11 is 1.56. The van der Waals surface area contributed by atoms with Crippen molar-refractivity contribution in [1.82, 2.24) is 4.57 Å². The van der Waals surface area contributed by atoms with E-state index in [4.69, 9.17) is 4.74 Å². The molecule has 122 valence electrons. The van der Waals surface area contributed by atoms with E-state index in [-0.39, 0.29) is 28.2 Å². The van der Waals surface area contributed by atoms with Crippen LogP contribution in [-0.2, 0) is 14.3 Å². The van der Waals surface area contributed by atoms with Gasteiger partial charge in [0.2, 0.25) is 5.91 Å². The zero-order chi connectivity index (χ0) is 16.4. The number of hydrogen-bond donors (Lipinski definition) is 0. The molecule has 0 bridgehead atoms. The van der Waals surface area contributed by atoms with Gasteiger partial charge in [-0.05, 0) is 18.4 Å². The Balaban J connectivity index is 2.83. The number of amides is 1. The molecule has 0 radical (unpaired) electrons. The lowest BCUT2D eigenvalue weighted by Crippen LogP contribution is -2.71. The van der Waals surface area contributed by atoms with Crippen molar-refractivity contribution in [2.45, 2.75) is 64.5 Å². The molecule has 1 heterocycles. The van der Waals surface area contributed by atoms with Gasteiger partial charge in [-0.1, -0.05) is 40.8 Å².